The summed E-state index contributed by atoms with van der Waals surface area (Å²) in [5.74, 6) is -0.939. The van der Waals surface area contributed by atoms with Gasteiger partial charge in [0, 0.05) is 19.2 Å². The van der Waals surface area contributed by atoms with Crippen LogP contribution >= 0.6 is 0 Å². The maximum atomic E-state index is 12.8. The van der Waals surface area contributed by atoms with Gasteiger partial charge in [0.25, 0.3) is 0 Å². The molecule has 0 aliphatic carbocycles. The first kappa shape index (κ1) is 23.1. The highest BCUT2D eigenvalue weighted by molar-refractivity contribution is 7.89. The van der Waals surface area contributed by atoms with Gasteiger partial charge in [0.2, 0.25) is 15.9 Å². The summed E-state index contributed by atoms with van der Waals surface area (Å²) in [5, 5.41) is 2.65. The van der Waals surface area contributed by atoms with E-state index in [9.17, 15) is 18.0 Å². The molecule has 1 unspecified atom stereocenters. The summed E-state index contributed by atoms with van der Waals surface area (Å²) in [4.78, 5) is 24.3. The van der Waals surface area contributed by atoms with Crippen LogP contribution in [0.4, 0.5) is 0 Å². The monoisotopic (exact) mass is 422 g/mol. The van der Waals surface area contributed by atoms with Crippen molar-refractivity contribution in [3.63, 3.8) is 0 Å². The predicted molar refractivity (Wildman–Crippen MR) is 112 cm³/mol. The van der Waals surface area contributed by atoms with Crippen LogP contribution in [-0.2, 0) is 24.3 Å². The van der Waals surface area contributed by atoms with Crippen molar-refractivity contribution in [2.24, 2.45) is 0 Å². The Kier molecular flexibility index (Phi) is 7.98. The zero-order valence-electron chi connectivity index (χ0n) is 17.3. The number of carbonyl (C=O) groups is 2. The number of methoxy groups -OCH3 is 1. The first-order valence-electron chi connectivity index (χ1n) is 9.92. The van der Waals surface area contributed by atoms with Gasteiger partial charge in [-0.1, -0.05) is 31.9 Å². The highest BCUT2D eigenvalue weighted by Gasteiger charge is 2.33. The van der Waals surface area contributed by atoms with Crippen LogP contribution in [0.3, 0.4) is 0 Å². The van der Waals surface area contributed by atoms with Crippen molar-refractivity contribution in [1.29, 1.82) is 0 Å². The van der Waals surface area contributed by atoms with Crippen LogP contribution < -0.4 is 5.32 Å². The van der Waals surface area contributed by atoms with Gasteiger partial charge in [-0.25, -0.2) is 13.2 Å². The Morgan fingerprint density at radius 1 is 1.14 bits per heavy atom. The van der Waals surface area contributed by atoms with Crippen molar-refractivity contribution in [3.05, 3.63) is 35.9 Å². The smallest absolute Gasteiger partial charge is 0.331 e. The number of amides is 1. The van der Waals surface area contributed by atoms with Gasteiger partial charge in [-0.2, -0.15) is 4.31 Å². The molecule has 0 radical (unpaired) electrons. The minimum atomic E-state index is -3.49. The van der Waals surface area contributed by atoms with E-state index >= 15 is 0 Å². The summed E-state index contributed by atoms with van der Waals surface area (Å²) >= 11 is 0. The molecule has 1 N–H and O–H groups in total. The van der Waals surface area contributed by atoms with E-state index in [0.717, 1.165) is 25.7 Å². The Balaban J connectivity index is 2.06. The largest absolute Gasteiger partial charge is 0.467 e. The molecular formula is C21H30N2O5S. The molecule has 1 aliphatic heterocycles. The highest BCUT2D eigenvalue weighted by Crippen LogP contribution is 2.21. The first-order chi connectivity index (χ1) is 13.7. The van der Waals surface area contributed by atoms with Gasteiger partial charge in [-0.15, -0.1) is 0 Å². The quantitative estimate of drug-likeness (QED) is 0.539. The van der Waals surface area contributed by atoms with Crippen LogP contribution in [0.5, 0.6) is 0 Å². The molecule has 1 aliphatic rings. The molecular weight excluding hydrogens is 392 g/mol. The lowest BCUT2D eigenvalue weighted by molar-refractivity contribution is -0.149. The number of rotatable bonds is 7. The molecule has 0 aromatic heterocycles. The average Bonchev–Trinajstić information content (AvgIpc) is 3.02. The van der Waals surface area contributed by atoms with Crippen molar-refractivity contribution < 1.29 is 22.7 Å². The lowest BCUT2D eigenvalue weighted by Gasteiger charge is -2.25. The van der Waals surface area contributed by atoms with Crippen LogP contribution in [0.15, 0.2) is 35.2 Å². The fraction of sp³-hybridized carbons (Fsp3) is 0.524. The fourth-order valence-corrected chi connectivity index (χ4v) is 4.69. The first-order valence-corrected chi connectivity index (χ1v) is 11.4. The summed E-state index contributed by atoms with van der Waals surface area (Å²) in [6.07, 6.45) is 7.17. The molecule has 0 bridgehead atoms. The zero-order valence-corrected chi connectivity index (χ0v) is 18.1. The Bertz CT molecular complexity index is 840. The van der Waals surface area contributed by atoms with Gasteiger partial charge in [-0.05, 0) is 50.0 Å². The third-order valence-electron chi connectivity index (χ3n) is 5.25. The van der Waals surface area contributed by atoms with Gasteiger partial charge >= 0.3 is 5.97 Å². The Labute approximate surface area is 173 Å². The molecule has 2 rings (SSSR count). The molecule has 7 nitrogen and oxygen atoms in total. The Hall–Kier alpha value is -2.19. The molecule has 1 heterocycles. The van der Waals surface area contributed by atoms with Gasteiger partial charge in [0.15, 0.2) is 0 Å². The number of sulfonamides is 1. The number of hydrogen-bond donors (Lipinski definition) is 1. The van der Waals surface area contributed by atoms with Crippen LogP contribution in [0.25, 0.3) is 6.08 Å². The van der Waals surface area contributed by atoms with Crippen molar-refractivity contribution >= 4 is 28.0 Å². The summed E-state index contributed by atoms with van der Waals surface area (Å²) in [6.45, 7) is 4.50. The van der Waals surface area contributed by atoms with Crippen molar-refractivity contribution in [2.45, 2.75) is 56.4 Å². The third-order valence-corrected chi connectivity index (χ3v) is 7.17. The lowest BCUT2D eigenvalue weighted by Crippen LogP contribution is -2.51. The number of benzene rings is 1. The second-order valence-corrected chi connectivity index (χ2v) is 9.33. The van der Waals surface area contributed by atoms with E-state index in [4.69, 9.17) is 4.74 Å². The van der Waals surface area contributed by atoms with Gasteiger partial charge in [0.05, 0.1) is 12.0 Å². The second kappa shape index (κ2) is 10.0. The summed E-state index contributed by atoms with van der Waals surface area (Å²) < 4.78 is 31.9. The summed E-state index contributed by atoms with van der Waals surface area (Å²) in [6, 6.07) is 6.44. The SMILES string of the molecule is CCC(C)(NC(=O)/C=C/c1ccc(S(=O)(=O)N2CCCCCC2)cc1)C(=O)OC. The maximum absolute atomic E-state index is 12.8. The number of ether oxygens (including phenoxy) is 1. The molecule has 1 amide bonds. The van der Waals surface area contributed by atoms with Crippen LogP contribution in [0, 0.1) is 0 Å². The molecule has 0 saturated carbocycles. The molecule has 1 fully saturated rings. The minimum absolute atomic E-state index is 0.255. The standard InChI is InChI=1S/C21H30N2O5S/c1-4-21(2,20(25)28-3)22-19(24)14-11-17-9-12-18(13-10-17)29(26,27)23-15-7-5-6-8-16-23/h9-14H,4-8,15-16H2,1-3H3,(H,22,24)/b14-11+. The van der Waals surface area contributed by atoms with Gasteiger partial charge in [-0.3, -0.25) is 4.79 Å². The highest BCUT2D eigenvalue weighted by atomic mass is 32.2. The van der Waals surface area contributed by atoms with Crippen LogP contribution in [0.1, 0.15) is 51.5 Å². The Morgan fingerprint density at radius 3 is 2.24 bits per heavy atom. The maximum Gasteiger partial charge on any atom is 0.331 e. The lowest BCUT2D eigenvalue weighted by atomic mass is 9.99. The van der Waals surface area contributed by atoms with Crippen LogP contribution in [0.2, 0.25) is 0 Å². The number of hydrogen-bond acceptors (Lipinski definition) is 5. The second-order valence-electron chi connectivity index (χ2n) is 7.39. The van der Waals surface area contributed by atoms with E-state index in [1.165, 1.54) is 13.2 Å². The van der Waals surface area contributed by atoms with E-state index in [-0.39, 0.29) is 4.90 Å². The molecule has 1 atom stereocenters. The molecule has 0 spiro atoms. The van der Waals surface area contributed by atoms with E-state index in [0.29, 0.717) is 25.1 Å². The fourth-order valence-electron chi connectivity index (χ4n) is 3.18. The van der Waals surface area contributed by atoms with Crippen molar-refractivity contribution in [1.82, 2.24) is 9.62 Å². The molecule has 8 heteroatoms. The molecule has 1 aromatic rings. The van der Waals surface area contributed by atoms with Gasteiger partial charge in [0.1, 0.15) is 5.54 Å². The number of nitrogens with one attached hydrogen (secondary N) is 1. The summed E-state index contributed by atoms with van der Waals surface area (Å²) in [7, 11) is -2.22. The van der Waals surface area contributed by atoms with E-state index in [2.05, 4.69) is 5.32 Å². The molecule has 1 saturated heterocycles. The Morgan fingerprint density at radius 2 is 1.72 bits per heavy atom. The predicted octanol–water partition coefficient (Wildman–Crippen LogP) is 2.72. The molecule has 29 heavy (non-hydrogen) atoms. The van der Waals surface area contributed by atoms with Crippen molar-refractivity contribution in [3.8, 4) is 0 Å². The van der Waals surface area contributed by atoms with Crippen molar-refractivity contribution in [2.75, 3.05) is 20.2 Å². The summed E-state index contributed by atoms with van der Waals surface area (Å²) in [5.41, 5.74) is -0.410. The minimum Gasteiger partial charge on any atom is -0.467 e. The topological polar surface area (TPSA) is 92.8 Å². The van der Waals surface area contributed by atoms with E-state index < -0.39 is 27.4 Å². The number of esters is 1. The van der Waals surface area contributed by atoms with E-state index in [1.54, 1.807) is 48.5 Å². The average molecular weight is 423 g/mol. The molecule has 1 aromatic carbocycles. The zero-order chi connectivity index (χ0) is 21.5. The third kappa shape index (κ3) is 5.90. The van der Waals surface area contributed by atoms with E-state index in [1.807, 2.05) is 0 Å². The molecule has 160 valence electrons. The normalized spacial score (nSPS) is 18.0. The number of nitrogens with zero attached hydrogens (tertiary/aromatic N) is 1. The number of carbonyl (C=O) groups excluding carboxylic acids is 2. The van der Waals surface area contributed by atoms with Crippen LogP contribution in [-0.4, -0.2) is 50.3 Å². The van der Waals surface area contributed by atoms with Gasteiger partial charge < -0.3 is 10.1 Å².